The number of hydrogen-bond donors (Lipinski definition) is 2. The Bertz CT molecular complexity index is 703. The summed E-state index contributed by atoms with van der Waals surface area (Å²) in [5.74, 6) is 1.53. The van der Waals surface area contributed by atoms with Gasteiger partial charge in [0, 0.05) is 24.2 Å². The molecular formula is C14H14N6S. The van der Waals surface area contributed by atoms with Gasteiger partial charge in [0.15, 0.2) is 5.16 Å². The van der Waals surface area contributed by atoms with Crippen LogP contribution in [0.15, 0.2) is 53.9 Å². The lowest BCUT2D eigenvalue weighted by molar-refractivity contribution is 0.880. The van der Waals surface area contributed by atoms with E-state index in [-0.39, 0.29) is 0 Å². The van der Waals surface area contributed by atoms with Gasteiger partial charge >= 0.3 is 0 Å². The topological polar surface area (TPSA) is 95.6 Å². The molecule has 0 radical (unpaired) electrons. The third-order valence-electron chi connectivity index (χ3n) is 2.82. The molecule has 1 aromatic carbocycles. The first-order valence-corrected chi connectivity index (χ1v) is 7.31. The molecule has 3 aromatic rings. The lowest BCUT2D eigenvalue weighted by Crippen LogP contribution is -1.99. The molecule has 0 atom stereocenters. The van der Waals surface area contributed by atoms with Crippen molar-refractivity contribution in [3.8, 4) is 5.69 Å². The summed E-state index contributed by atoms with van der Waals surface area (Å²) >= 11 is 1.50. The molecule has 7 heteroatoms. The zero-order valence-electron chi connectivity index (χ0n) is 11.2. The van der Waals surface area contributed by atoms with Crippen molar-refractivity contribution >= 4 is 23.4 Å². The largest absolute Gasteiger partial charge is 0.383 e. The Kier molecular flexibility index (Phi) is 3.74. The summed E-state index contributed by atoms with van der Waals surface area (Å²) in [6.07, 6.45) is 3.67. The number of nitrogens with zero attached hydrogens (tertiary/aromatic N) is 4. The van der Waals surface area contributed by atoms with Crippen LogP contribution >= 0.6 is 11.8 Å². The summed E-state index contributed by atoms with van der Waals surface area (Å²) in [6.45, 7) is 0. The zero-order valence-corrected chi connectivity index (χ0v) is 12.0. The molecule has 0 bridgehead atoms. The second-order valence-electron chi connectivity index (χ2n) is 4.41. The van der Waals surface area contributed by atoms with E-state index in [0.717, 1.165) is 11.4 Å². The van der Waals surface area contributed by atoms with Gasteiger partial charge in [0.2, 0.25) is 0 Å². The number of hydrogen-bond acceptors (Lipinski definition) is 6. The molecule has 0 aliphatic rings. The quantitative estimate of drug-likeness (QED) is 0.566. The first-order chi connectivity index (χ1) is 10.2. The molecule has 2 aromatic heterocycles. The average molecular weight is 298 g/mol. The summed E-state index contributed by atoms with van der Waals surface area (Å²) < 4.78 is 1.82. The molecule has 0 aliphatic heterocycles. The number of nitrogen functional groups attached to an aromatic ring is 2. The highest BCUT2D eigenvalue weighted by Crippen LogP contribution is 2.21. The monoisotopic (exact) mass is 298 g/mol. The average Bonchev–Trinajstić information content (AvgIpc) is 2.99. The second-order valence-corrected chi connectivity index (χ2v) is 5.35. The van der Waals surface area contributed by atoms with E-state index in [1.54, 1.807) is 12.3 Å². The third kappa shape index (κ3) is 3.32. The zero-order chi connectivity index (χ0) is 14.7. The van der Waals surface area contributed by atoms with Crippen molar-refractivity contribution < 1.29 is 0 Å². The highest BCUT2D eigenvalue weighted by molar-refractivity contribution is 7.98. The van der Waals surface area contributed by atoms with Crippen LogP contribution in [0, 0.1) is 0 Å². The van der Waals surface area contributed by atoms with Crippen molar-refractivity contribution in [2.45, 2.75) is 10.9 Å². The maximum atomic E-state index is 5.65. The summed E-state index contributed by atoms with van der Waals surface area (Å²) in [6, 6.07) is 11.6. The Morgan fingerprint density at radius 1 is 1.05 bits per heavy atom. The maximum absolute atomic E-state index is 5.65. The molecular weight excluding hydrogens is 284 g/mol. The summed E-state index contributed by atoms with van der Waals surface area (Å²) in [5.41, 5.74) is 13.5. The fourth-order valence-electron chi connectivity index (χ4n) is 1.84. The molecule has 21 heavy (non-hydrogen) atoms. The standard InChI is InChI=1S/C14H14N6S/c15-12-8-13(16)19-14(18-12)21-9-10-2-4-11(5-3-10)20-7-1-6-17-20/h1-8H,9H2,(H4,15,16,18,19). The fraction of sp³-hybridized carbons (Fsp3) is 0.0714. The normalized spacial score (nSPS) is 10.7. The molecule has 0 saturated heterocycles. The third-order valence-corrected chi connectivity index (χ3v) is 3.74. The van der Waals surface area contributed by atoms with Gasteiger partial charge in [0.25, 0.3) is 0 Å². The molecule has 6 nitrogen and oxygen atoms in total. The van der Waals surface area contributed by atoms with E-state index in [2.05, 4.69) is 27.2 Å². The van der Waals surface area contributed by atoms with E-state index in [0.29, 0.717) is 16.8 Å². The Morgan fingerprint density at radius 2 is 1.76 bits per heavy atom. The molecule has 0 fully saturated rings. The van der Waals surface area contributed by atoms with Crippen molar-refractivity contribution in [1.82, 2.24) is 19.7 Å². The second kappa shape index (κ2) is 5.84. The Balaban J connectivity index is 1.68. The van der Waals surface area contributed by atoms with Crippen molar-refractivity contribution in [3.05, 3.63) is 54.4 Å². The van der Waals surface area contributed by atoms with Crippen LogP contribution in [0.5, 0.6) is 0 Å². The smallest absolute Gasteiger partial charge is 0.191 e. The van der Waals surface area contributed by atoms with Crippen molar-refractivity contribution in [2.75, 3.05) is 11.5 Å². The van der Waals surface area contributed by atoms with Gasteiger partial charge in [-0.15, -0.1) is 0 Å². The number of nitrogens with two attached hydrogens (primary N) is 2. The van der Waals surface area contributed by atoms with Crippen LogP contribution in [0.2, 0.25) is 0 Å². The molecule has 0 spiro atoms. The van der Waals surface area contributed by atoms with Gasteiger partial charge in [-0.05, 0) is 23.8 Å². The van der Waals surface area contributed by atoms with E-state index in [9.17, 15) is 0 Å². The lowest BCUT2D eigenvalue weighted by atomic mass is 10.2. The van der Waals surface area contributed by atoms with Crippen LogP contribution in [0.4, 0.5) is 11.6 Å². The van der Waals surface area contributed by atoms with Gasteiger partial charge in [-0.2, -0.15) is 5.10 Å². The highest BCUT2D eigenvalue weighted by Gasteiger charge is 2.03. The number of aromatic nitrogens is 4. The van der Waals surface area contributed by atoms with Crippen molar-refractivity contribution in [2.24, 2.45) is 0 Å². The summed E-state index contributed by atoms with van der Waals surface area (Å²) in [4.78, 5) is 8.29. The van der Waals surface area contributed by atoms with E-state index in [1.165, 1.54) is 17.3 Å². The van der Waals surface area contributed by atoms with Gasteiger partial charge in [-0.3, -0.25) is 0 Å². The van der Waals surface area contributed by atoms with E-state index in [1.807, 2.05) is 29.1 Å². The van der Waals surface area contributed by atoms with Gasteiger partial charge in [-0.1, -0.05) is 23.9 Å². The molecule has 0 aliphatic carbocycles. The summed E-state index contributed by atoms with van der Waals surface area (Å²) in [5, 5.41) is 4.78. The SMILES string of the molecule is Nc1cc(N)nc(SCc2ccc(-n3cccn3)cc2)n1. The highest BCUT2D eigenvalue weighted by atomic mass is 32.2. The molecule has 0 amide bonds. The summed E-state index contributed by atoms with van der Waals surface area (Å²) in [7, 11) is 0. The number of thioether (sulfide) groups is 1. The fourth-order valence-corrected chi connectivity index (χ4v) is 2.67. The maximum Gasteiger partial charge on any atom is 0.191 e. The predicted molar refractivity (Wildman–Crippen MR) is 84.0 cm³/mol. The number of rotatable bonds is 4. The predicted octanol–water partition coefficient (Wildman–Crippen LogP) is 2.12. The number of anilines is 2. The van der Waals surface area contributed by atoms with Crippen LogP contribution in [0.25, 0.3) is 5.69 Å². The Labute approximate surface area is 126 Å². The van der Waals surface area contributed by atoms with Crippen molar-refractivity contribution in [3.63, 3.8) is 0 Å². The van der Waals surface area contributed by atoms with E-state index < -0.39 is 0 Å². The Morgan fingerprint density at radius 3 is 2.38 bits per heavy atom. The molecule has 106 valence electrons. The van der Waals surface area contributed by atoms with Gasteiger partial charge < -0.3 is 11.5 Å². The van der Waals surface area contributed by atoms with Crippen LogP contribution < -0.4 is 11.5 Å². The van der Waals surface area contributed by atoms with Gasteiger partial charge in [-0.25, -0.2) is 14.6 Å². The molecule has 4 N–H and O–H groups in total. The van der Waals surface area contributed by atoms with Crippen LogP contribution in [-0.4, -0.2) is 19.7 Å². The van der Waals surface area contributed by atoms with Crippen LogP contribution in [0.1, 0.15) is 5.56 Å². The number of benzene rings is 1. The van der Waals surface area contributed by atoms with E-state index in [4.69, 9.17) is 11.5 Å². The van der Waals surface area contributed by atoms with Crippen molar-refractivity contribution in [1.29, 1.82) is 0 Å². The minimum atomic E-state index is 0.388. The first-order valence-electron chi connectivity index (χ1n) is 6.32. The lowest BCUT2D eigenvalue weighted by Gasteiger charge is -2.05. The minimum Gasteiger partial charge on any atom is -0.383 e. The van der Waals surface area contributed by atoms with Crippen LogP contribution in [0.3, 0.4) is 0 Å². The molecule has 0 saturated carbocycles. The van der Waals surface area contributed by atoms with Crippen LogP contribution in [-0.2, 0) is 5.75 Å². The van der Waals surface area contributed by atoms with E-state index >= 15 is 0 Å². The Hall–Kier alpha value is -2.54. The molecule has 0 unspecified atom stereocenters. The van der Waals surface area contributed by atoms with Gasteiger partial charge in [0.1, 0.15) is 11.6 Å². The minimum absolute atomic E-state index is 0.388. The molecule has 3 rings (SSSR count). The first kappa shape index (κ1) is 13.4. The van der Waals surface area contributed by atoms with Gasteiger partial charge in [0.05, 0.1) is 5.69 Å². The molecule has 2 heterocycles.